The molecule has 2 aliphatic carbocycles. The highest BCUT2D eigenvalue weighted by Crippen LogP contribution is 2.55. The maximum absolute atomic E-state index is 12.7. The van der Waals surface area contributed by atoms with E-state index in [9.17, 15) is 14.4 Å². The largest absolute Gasteiger partial charge is 0.465 e. The van der Waals surface area contributed by atoms with Crippen LogP contribution in [-0.4, -0.2) is 30.4 Å². The Bertz CT molecular complexity index is 551. The standard InChI is InChI=1S/C17H22O5/c1-9-6-14-12(10(2)16(20)22-14)7-17(8-21-11(3)18)13(9)4-5-15(17)19/h9,12-14H,2,4-8H2,1,3H3/t9-,12+,13-,14+,17+/m0/s1. The molecule has 1 aliphatic heterocycles. The van der Waals surface area contributed by atoms with E-state index >= 15 is 0 Å². The molecule has 0 N–H and O–H groups in total. The lowest BCUT2D eigenvalue weighted by atomic mass is 9.69. The highest BCUT2D eigenvalue weighted by molar-refractivity contribution is 5.92. The van der Waals surface area contributed by atoms with Crippen molar-refractivity contribution in [2.24, 2.45) is 23.2 Å². The molecule has 1 heterocycles. The Morgan fingerprint density at radius 1 is 1.45 bits per heavy atom. The second kappa shape index (κ2) is 5.21. The van der Waals surface area contributed by atoms with Crippen molar-refractivity contribution in [1.29, 1.82) is 0 Å². The van der Waals surface area contributed by atoms with Crippen molar-refractivity contribution >= 4 is 17.7 Å². The van der Waals surface area contributed by atoms with Crippen LogP contribution in [0.15, 0.2) is 12.2 Å². The van der Waals surface area contributed by atoms with Crippen LogP contribution in [0.4, 0.5) is 0 Å². The van der Waals surface area contributed by atoms with E-state index in [2.05, 4.69) is 13.5 Å². The molecule has 5 atom stereocenters. The van der Waals surface area contributed by atoms with Gasteiger partial charge in [0.1, 0.15) is 18.5 Å². The third kappa shape index (κ3) is 2.18. The number of hydrogen-bond acceptors (Lipinski definition) is 5. The molecule has 5 nitrogen and oxygen atoms in total. The van der Waals surface area contributed by atoms with Crippen molar-refractivity contribution < 1.29 is 23.9 Å². The van der Waals surface area contributed by atoms with Gasteiger partial charge in [0.2, 0.25) is 0 Å². The SMILES string of the molecule is C=C1C(=O)O[C@@H]2C[C@H](C)[C@@H]3CCC(=O)[C@@]3(COC(C)=O)C[C@H]12. The predicted molar refractivity (Wildman–Crippen MR) is 77.7 cm³/mol. The average molecular weight is 306 g/mol. The van der Waals surface area contributed by atoms with E-state index in [4.69, 9.17) is 9.47 Å². The molecule has 0 bridgehead atoms. The summed E-state index contributed by atoms with van der Waals surface area (Å²) in [6.07, 6.45) is 2.40. The summed E-state index contributed by atoms with van der Waals surface area (Å²) in [5.41, 5.74) is -0.221. The lowest BCUT2D eigenvalue weighted by Crippen LogP contribution is -2.41. The van der Waals surface area contributed by atoms with Gasteiger partial charge in [0.05, 0.1) is 5.41 Å². The van der Waals surface area contributed by atoms with E-state index in [0.29, 0.717) is 18.4 Å². The lowest BCUT2D eigenvalue weighted by molar-refractivity contribution is -0.150. The van der Waals surface area contributed by atoms with Crippen LogP contribution < -0.4 is 0 Å². The summed E-state index contributed by atoms with van der Waals surface area (Å²) in [5.74, 6) is -0.296. The number of rotatable bonds is 2. The Morgan fingerprint density at radius 2 is 2.18 bits per heavy atom. The summed E-state index contributed by atoms with van der Waals surface area (Å²) < 4.78 is 10.7. The monoisotopic (exact) mass is 306 g/mol. The number of hydrogen-bond donors (Lipinski definition) is 0. The molecule has 0 aromatic heterocycles. The number of esters is 2. The van der Waals surface area contributed by atoms with Crippen molar-refractivity contribution in [1.82, 2.24) is 0 Å². The molecule has 22 heavy (non-hydrogen) atoms. The normalized spacial score (nSPS) is 40.7. The number of fused-ring (bicyclic) bond motifs is 2. The summed E-state index contributed by atoms with van der Waals surface area (Å²) >= 11 is 0. The summed E-state index contributed by atoms with van der Waals surface area (Å²) in [6.45, 7) is 7.43. The summed E-state index contributed by atoms with van der Waals surface area (Å²) in [5, 5.41) is 0. The van der Waals surface area contributed by atoms with Crippen LogP contribution in [0, 0.1) is 23.2 Å². The molecule has 1 saturated heterocycles. The highest BCUT2D eigenvalue weighted by atomic mass is 16.6. The maximum atomic E-state index is 12.7. The van der Waals surface area contributed by atoms with Gasteiger partial charge in [-0.2, -0.15) is 0 Å². The topological polar surface area (TPSA) is 69.7 Å². The van der Waals surface area contributed by atoms with Gasteiger partial charge in [-0.3, -0.25) is 9.59 Å². The molecular formula is C17H22O5. The fraction of sp³-hybridized carbons (Fsp3) is 0.706. The number of ether oxygens (including phenoxy) is 2. The molecule has 0 unspecified atom stereocenters. The smallest absolute Gasteiger partial charge is 0.334 e. The Kier molecular flexibility index (Phi) is 3.62. The Morgan fingerprint density at radius 3 is 2.86 bits per heavy atom. The van der Waals surface area contributed by atoms with Gasteiger partial charge in [-0.15, -0.1) is 0 Å². The zero-order valence-corrected chi connectivity index (χ0v) is 13.1. The van der Waals surface area contributed by atoms with Gasteiger partial charge in [-0.05, 0) is 31.1 Å². The van der Waals surface area contributed by atoms with E-state index in [1.54, 1.807) is 0 Å². The third-order valence-corrected chi connectivity index (χ3v) is 5.77. The summed E-state index contributed by atoms with van der Waals surface area (Å²) in [6, 6.07) is 0. The van der Waals surface area contributed by atoms with Crippen LogP contribution in [0.5, 0.6) is 0 Å². The first-order valence-electron chi connectivity index (χ1n) is 7.91. The fourth-order valence-electron chi connectivity index (χ4n) is 4.65. The summed E-state index contributed by atoms with van der Waals surface area (Å²) in [4.78, 5) is 35.7. The second-order valence-electron chi connectivity index (χ2n) is 7.00. The minimum absolute atomic E-state index is 0.112. The first kappa shape index (κ1) is 15.3. The van der Waals surface area contributed by atoms with Crippen LogP contribution in [0.1, 0.15) is 39.5 Å². The van der Waals surface area contributed by atoms with Crippen molar-refractivity contribution in [3.8, 4) is 0 Å². The molecule has 0 radical (unpaired) electrons. The van der Waals surface area contributed by atoms with Gasteiger partial charge in [-0.1, -0.05) is 13.5 Å². The minimum atomic E-state index is -0.679. The van der Waals surface area contributed by atoms with E-state index in [1.165, 1.54) is 6.92 Å². The molecule has 2 saturated carbocycles. The van der Waals surface area contributed by atoms with Gasteiger partial charge < -0.3 is 9.47 Å². The number of ketones is 1. The molecule has 0 spiro atoms. The molecule has 0 aromatic rings. The van der Waals surface area contributed by atoms with E-state index in [1.807, 2.05) is 0 Å². The minimum Gasteiger partial charge on any atom is -0.465 e. The number of carbonyl (C=O) groups excluding carboxylic acids is 3. The lowest BCUT2D eigenvalue weighted by Gasteiger charge is -2.35. The Balaban J connectivity index is 1.97. The van der Waals surface area contributed by atoms with E-state index in [-0.39, 0.29) is 48.2 Å². The van der Waals surface area contributed by atoms with Crippen LogP contribution in [0.3, 0.4) is 0 Å². The zero-order chi connectivity index (χ0) is 16.1. The van der Waals surface area contributed by atoms with Gasteiger partial charge >= 0.3 is 11.9 Å². The molecule has 120 valence electrons. The van der Waals surface area contributed by atoms with Gasteiger partial charge in [0, 0.05) is 24.8 Å². The van der Waals surface area contributed by atoms with Crippen molar-refractivity contribution in [3.05, 3.63) is 12.2 Å². The van der Waals surface area contributed by atoms with Crippen molar-refractivity contribution in [2.75, 3.05) is 6.61 Å². The predicted octanol–water partition coefficient (Wildman–Crippen LogP) is 2.04. The van der Waals surface area contributed by atoms with Gasteiger partial charge in [0.15, 0.2) is 0 Å². The third-order valence-electron chi connectivity index (χ3n) is 5.77. The fourth-order valence-corrected chi connectivity index (χ4v) is 4.65. The summed E-state index contributed by atoms with van der Waals surface area (Å²) in [7, 11) is 0. The van der Waals surface area contributed by atoms with Crippen LogP contribution in [0.25, 0.3) is 0 Å². The Labute approximate surface area is 130 Å². The molecule has 5 heteroatoms. The molecule has 0 amide bonds. The van der Waals surface area contributed by atoms with Gasteiger partial charge in [-0.25, -0.2) is 4.79 Å². The first-order valence-corrected chi connectivity index (χ1v) is 7.91. The van der Waals surface area contributed by atoms with Crippen molar-refractivity contribution in [3.63, 3.8) is 0 Å². The van der Waals surface area contributed by atoms with Crippen LogP contribution >= 0.6 is 0 Å². The Hall–Kier alpha value is -1.65. The first-order chi connectivity index (χ1) is 10.3. The maximum Gasteiger partial charge on any atom is 0.334 e. The molecule has 0 aromatic carbocycles. The van der Waals surface area contributed by atoms with Crippen LogP contribution in [0.2, 0.25) is 0 Å². The van der Waals surface area contributed by atoms with Crippen molar-refractivity contribution in [2.45, 2.75) is 45.6 Å². The molecule has 3 fully saturated rings. The molecule has 3 rings (SSSR count). The zero-order valence-electron chi connectivity index (χ0n) is 13.1. The number of carbonyl (C=O) groups is 3. The number of Topliss-reactive ketones (excluding diaryl/α,β-unsaturated/α-hetero) is 1. The quantitative estimate of drug-likeness (QED) is 0.577. The second-order valence-corrected chi connectivity index (χ2v) is 7.00. The average Bonchev–Trinajstić information content (AvgIpc) is 2.85. The highest BCUT2D eigenvalue weighted by Gasteiger charge is 2.58. The molecule has 3 aliphatic rings. The van der Waals surface area contributed by atoms with Gasteiger partial charge in [0.25, 0.3) is 0 Å². The molecular weight excluding hydrogens is 284 g/mol. The van der Waals surface area contributed by atoms with E-state index < -0.39 is 5.41 Å². The van der Waals surface area contributed by atoms with Crippen LogP contribution in [-0.2, 0) is 23.9 Å². The van der Waals surface area contributed by atoms with E-state index in [0.717, 1.165) is 12.8 Å².